The first kappa shape index (κ1) is 24.0. The van der Waals surface area contributed by atoms with E-state index in [1.165, 1.54) is 52.5 Å². The number of rotatable bonds is 10. The SMILES string of the molecule is COc1ccc(S(=O)(=O)NC(C)C(=O)OCc2nc(-c3ccc(OC)c(OC)c3)no2)cc1. The molecule has 0 aliphatic heterocycles. The predicted molar refractivity (Wildman–Crippen MR) is 115 cm³/mol. The summed E-state index contributed by atoms with van der Waals surface area (Å²) in [5.41, 5.74) is 0.606. The van der Waals surface area contributed by atoms with E-state index < -0.39 is 22.0 Å². The van der Waals surface area contributed by atoms with Gasteiger partial charge in [-0.15, -0.1) is 0 Å². The highest BCUT2D eigenvalue weighted by Gasteiger charge is 2.24. The van der Waals surface area contributed by atoms with Gasteiger partial charge in [-0.05, 0) is 49.4 Å². The highest BCUT2D eigenvalue weighted by molar-refractivity contribution is 7.89. The molecule has 1 aromatic heterocycles. The highest BCUT2D eigenvalue weighted by Crippen LogP contribution is 2.31. The van der Waals surface area contributed by atoms with E-state index in [9.17, 15) is 13.2 Å². The number of esters is 1. The molecule has 0 spiro atoms. The topological polar surface area (TPSA) is 139 Å². The molecule has 1 heterocycles. The van der Waals surface area contributed by atoms with E-state index in [-0.39, 0.29) is 23.2 Å². The molecular formula is C21H23N3O8S. The summed E-state index contributed by atoms with van der Waals surface area (Å²) in [6, 6.07) is 9.69. The number of hydrogen-bond donors (Lipinski definition) is 1. The Bertz CT molecular complexity index is 1210. The van der Waals surface area contributed by atoms with Crippen LogP contribution in [-0.2, 0) is 26.2 Å². The van der Waals surface area contributed by atoms with Crippen molar-refractivity contribution in [3.63, 3.8) is 0 Å². The predicted octanol–water partition coefficient (Wildman–Crippen LogP) is 2.17. The quantitative estimate of drug-likeness (QED) is 0.432. The number of aromatic nitrogens is 2. The van der Waals surface area contributed by atoms with E-state index in [1.54, 1.807) is 18.2 Å². The maximum atomic E-state index is 12.5. The van der Waals surface area contributed by atoms with Crippen LogP contribution in [0.3, 0.4) is 0 Å². The number of benzene rings is 2. The monoisotopic (exact) mass is 477 g/mol. The fraction of sp³-hybridized carbons (Fsp3) is 0.286. The van der Waals surface area contributed by atoms with Crippen LogP contribution in [0.1, 0.15) is 12.8 Å². The minimum Gasteiger partial charge on any atom is -0.497 e. The molecule has 12 heteroatoms. The summed E-state index contributed by atoms with van der Waals surface area (Å²) in [7, 11) is 0.567. The second-order valence-electron chi connectivity index (χ2n) is 6.71. The van der Waals surface area contributed by atoms with Crippen LogP contribution < -0.4 is 18.9 Å². The molecule has 3 aromatic rings. The number of nitrogens with one attached hydrogen (secondary N) is 1. The third-order valence-electron chi connectivity index (χ3n) is 4.50. The molecule has 2 aromatic carbocycles. The van der Waals surface area contributed by atoms with Crippen LogP contribution in [0.4, 0.5) is 0 Å². The molecule has 0 saturated heterocycles. The van der Waals surface area contributed by atoms with Crippen molar-refractivity contribution < 1.29 is 36.7 Å². The molecule has 3 rings (SSSR count). The van der Waals surface area contributed by atoms with Gasteiger partial charge in [0.05, 0.1) is 26.2 Å². The van der Waals surface area contributed by atoms with Gasteiger partial charge in [0.25, 0.3) is 5.89 Å². The van der Waals surface area contributed by atoms with Crippen molar-refractivity contribution in [2.75, 3.05) is 21.3 Å². The summed E-state index contributed by atoms with van der Waals surface area (Å²) in [6.45, 7) is 1.04. The normalized spacial score (nSPS) is 12.1. The van der Waals surface area contributed by atoms with Gasteiger partial charge < -0.3 is 23.5 Å². The maximum absolute atomic E-state index is 12.5. The average molecular weight is 477 g/mol. The number of hydrogen-bond acceptors (Lipinski definition) is 10. The Kier molecular flexibility index (Phi) is 7.51. The molecule has 1 atom stereocenters. The fourth-order valence-corrected chi connectivity index (χ4v) is 3.96. The summed E-state index contributed by atoms with van der Waals surface area (Å²) < 4.78 is 52.9. The number of nitrogens with zero attached hydrogens (tertiary/aromatic N) is 2. The van der Waals surface area contributed by atoms with Gasteiger partial charge in [-0.2, -0.15) is 9.71 Å². The van der Waals surface area contributed by atoms with E-state index in [4.69, 9.17) is 23.5 Å². The number of methoxy groups -OCH3 is 3. The van der Waals surface area contributed by atoms with Crippen LogP contribution >= 0.6 is 0 Å². The van der Waals surface area contributed by atoms with Gasteiger partial charge >= 0.3 is 5.97 Å². The van der Waals surface area contributed by atoms with Crippen LogP contribution in [0, 0.1) is 0 Å². The molecular weight excluding hydrogens is 454 g/mol. The minimum absolute atomic E-state index is 0.0144. The first-order chi connectivity index (χ1) is 15.8. The van der Waals surface area contributed by atoms with Crippen LogP contribution in [-0.4, -0.2) is 51.9 Å². The standard InChI is InChI=1S/C21H23N3O8S/c1-13(24-33(26,27)16-8-6-15(28-2)7-9-16)21(25)31-12-19-22-20(23-32-19)14-5-10-17(29-3)18(11-14)30-4/h5-11,13,24H,12H2,1-4H3. The zero-order valence-electron chi connectivity index (χ0n) is 18.4. The maximum Gasteiger partial charge on any atom is 0.324 e. The smallest absolute Gasteiger partial charge is 0.324 e. The number of sulfonamides is 1. The van der Waals surface area contributed by atoms with Gasteiger partial charge in [0, 0.05) is 5.56 Å². The van der Waals surface area contributed by atoms with Gasteiger partial charge in [0.15, 0.2) is 18.1 Å². The van der Waals surface area contributed by atoms with E-state index in [2.05, 4.69) is 14.9 Å². The van der Waals surface area contributed by atoms with Crippen molar-refractivity contribution in [3.8, 4) is 28.6 Å². The molecule has 0 saturated carbocycles. The van der Waals surface area contributed by atoms with E-state index >= 15 is 0 Å². The number of carbonyl (C=O) groups excluding carboxylic acids is 1. The Morgan fingerprint density at radius 3 is 2.36 bits per heavy atom. The van der Waals surface area contributed by atoms with Gasteiger partial charge in [0.2, 0.25) is 15.8 Å². The Hall–Kier alpha value is -3.64. The largest absolute Gasteiger partial charge is 0.497 e. The summed E-state index contributed by atoms with van der Waals surface area (Å²) >= 11 is 0. The summed E-state index contributed by atoms with van der Waals surface area (Å²) in [6.07, 6.45) is 0. The lowest BCUT2D eigenvalue weighted by Gasteiger charge is -2.13. The van der Waals surface area contributed by atoms with E-state index in [0.717, 1.165) is 0 Å². The second-order valence-corrected chi connectivity index (χ2v) is 8.42. The summed E-state index contributed by atoms with van der Waals surface area (Å²) in [5.74, 6) is 1.04. The van der Waals surface area contributed by atoms with Gasteiger partial charge in [-0.25, -0.2) is 8.42 Å². The molecule has 0 bridgehead atoms. The van der Waals surface area contributed by atoms with Gasteiger partial charge in [0.1, 0.15) is 11.8 Å². The van der Waals surface area contributed by atoms with Crippen molar-refractivity contribution >= 4 is 16.0 Å². The molecule has 33 heavy (non-hydrogen) atoms. The van der Waals surface area contributed by atoms with Crippen molar-refractivity contribution in [1.29, 1.82) is 0 Å². The van der Waals surface area contributed by atoms with E-state index in [0.29, 0.717) is 22.8 Å². The molecule has 0 radical (unpaired) electrons. The zero-order valence-corrected chi connectivity index (χ0v) is 19.2. The van der Waals surface area contributed by atoms with Crippen LogP contribution in [0.5, 0.6) is 17.2 Å². The molecule has 11 nitrogen and oxygen atoms in total. The van der Waals surface area contributed by atoms with Crippen molar-refractivity contribution in [3.05, 3.63) is 48.4 Å². The Morgan fingerprint density at radius 2 is 1.73 bits per heavy atom. The third kappa shape index (κ3) is 5.79. The average Bonchev–Trinajstić information content (AvgIpc) is 3.30. The minimum atomic E-state index is -3.94. The molecule has 176 valence electrons. The molecule has 0 fully saturated rings. The molecule has 0 aliphatic carbocycles. The lowest BCUT2D eigenvalue weighted by molar-refractivity contribution is -0.147. The Balaban J connectivity index is 1.60. The zero-order chi connectivity index (χ0) is 24.0. The van der Waals surface area contributed by atoms with Crippen molar-refractivity contribution in [2.45, 2.75) is 24.5 Å². The van der Waals surface area contributed by atoms with Crippen molar-refractivity contribution in [2.24, 2.45) is 0 Å². The number of ether oxygens (including phenoxy) is 4. The molecule has 0 aliphatic rings. The van der Waals surface area contributed by atoms with Crippen LogP contribution in [0.2, 0.25) is 0 Å². The molecule has 1 N–H and O–H groups in total. The second kappa shape index (κ2) is 10.3. The fourth-order valence-electron chi connectivity index (χ4n) is 2.77. The summed E-state index contributed by atoms with van der Waals surface area (Å²) in [5, 5.41) is 3.86. The Labute approximate surface area is 190 Å². The molecule has 0 amide bonds. The van der Waals surface area contributed by atoms with Crippen LogP contribution in [0.25, 0.3) is 11.4 Å². The third-order valence-corrected chi connectivity index (χ3v) is 6.06. The lowest BCUT2D eigenvalue weighted by atomic mass is 10.2. The highest BCUT2D eigenvalue weighted by atomic mass is 32.2. The van der Waals surface area contributed by atoms with Crippen molar-refractivity contribution in [1.82, 2.24) is 14.9 Å². The first-order valence-corrected chi connectivity index (χ1v) is 11.1. The lowest BCUT2D eigenvalue weighted by Crippen LogP contribution is -2.39. The van der Waals surface area contributed by atoms with Crippen LogP contribution in [0.15, 0.2) is 51.9 Å². The van der Waals surface area contributed by atoms with Gasteiger partial charge in [-0.1, -0.05) is 5.16 Å². The first-order valence-electron chi connectivity index (χ1n) is 9.65. The van der Waals surface area contributed by atoms with Gasteiger partial charge in [-0.3, -0.25) is 4.79 Å². The number of carbonyl (C=O) groups is 1. The summed E-state index contributed by atoms with van der Waals surface area (Å²) in [4.78, 5) is 16.4. The van der Waals surface area contributed by atoms with E-state index in [1.807, 2.05) is 0 Å². The molecule has 1 unspecified atom stereocenters. The Morgan fingerprint density at radius 1 is 1.03 bits per heavy atom.